The number of aromatic nitrogens is 8. The van der Waals surface area contributed by atoms with Crippen molar-refractivity contribution in [2.45, 2.75) is 19.4 Å². The quantitative estimate of drug-likeness (QED) is 0.161. The molecule has 6 rings (SSSR count). The lowest BCUT2D eigenvalue weighted by molar-refractivity contribution is -0.125. The van der Waals surface area contributed by atoms with E-state index in [1.54, 1.807) is 22.7 Å². The molecule has 4 aromatic heterocycles. The van der Waals surface area contributed by atoms with Gasteiger partial charge in [0.05, 0.1) is 28.4 Å². The molecule has 47 heavy (non-hydrogen) atoms. The number of ketones is 1. The highest BCUT2D eigenvalue weighted by Gasteiger charge is 2.30. The van der Waals surface area contributed by atoms with Crippen molar-refractivity contribution in [2.75, 3.05) is 58.8 Å². The first-order chi connectivity index (χ1) is 22.7. The van der Waals surface area contributed by atoms with Crippen molar-refractivity contribution in [1.29, 1.82) is 0 Å². The van der Waals surface area contributed by atoms with Crippen molar-refractivity contribution in [3.05, 3.63) is 65.9 Å². The van der Waals surface area contributed by atoms with Crippen molar-refractivity contribution < 1.29 is 18.8 Å². The zero-order valence-electron chi connectivity index (χ0n) is 26.5. The number of pyridine rings is 1. The summed E-state index contributed by atoms with van der Waals surface area (Å²) in [5.74, 6) is -2.20. The number of anilines is 1. The number of likely N-dealkylation sites (tertiary alicyclic amines) is 1. The number of Topliss-reactive ketones (excluding diaryl/α,β-unsaturated/α-hetero) is 1. The summed E-state index contributed by atoms with van der Waals surface area (Å²) in [4.78, 5) is 54.0. The Morgan fingerprint density at radius 1 is 1.13 bits per heavy atom. The molecule has 1 saturated heterocycles. The van der Waals surface area contributed by atoms with Crippen LogP contribution >= 0.6 is 0 Å². The van der Waals surface area contributed by atoms with Crippen LogP contribution in [0.5, 0.6) is 0 Å². The van der Waals surface area contributed by atoms with E-state index in [-0.39, 0.29) is 52.0 Å². The average Bonchev–Trinajstić information content (AvgIpc) is 3.91. The maximum Gasteiger partial charge on any atom is 0.294 e. The second-order valence-corrected chi connectivity index (χ2v) is 11.6. The van der Waals surface area contributed by atoms with Crippen LogP contribution in [-0.4, -0.2) is 133 Å². The minimum Gasteiger partial charge on any atom is -0.359 e. The second-order valence-electron chi connectivity index (χ2n) is 11.6. The average molecular weight is 643 g/mol. The van der Waals surface area contributed by atoms with E-state index in [9.17, 15) is 14.4 Å². The highest BCUT2D eigenvalue weighted by Crippen LogP contribution is 2.30. The monoisotopic (exact) mass is 642 g/mol. The molecule has 16 heteroatoms. The lowest BCUT2D eigenvalue weighted by Crippen LogP contribution is -2.40. The molecule has 1 aliphatic heterocycles. The molecule has 0 spiro atoms. The molecule has 0 radical (unpaired) electrons. The summed E-state index contributed by atoms with van der Waals surface area (Å²) in [6.45, 7) is 4.68. The van der Waals surface area contributed by atoms with Gasteiger partial charge in [0, 0.05) is 52.5 Å². The fourth-order valence-corrected chi connectivity index (χ4v) is 5.79. The third kappa shape index (κ3) is 6.06. The number of tetrazole rings is 1. The fraction of sp³-hybridized carbons (Fsp3) is 0.355. The maximum atomic E-state index is 15.2. The number of fused-ring (bicyclic) bond motifs is 1. The summed E-state index contributed by atoms with van der Waals surface area (Å²) < 4.78 is 16.8. The summed E-state index contributed by atoms with van der Waals surface area (Å²) in [5, 5.41) is 19.0. The van der Waals surface area contributed by atoms with Crippen LogP contribution in [0.4, 0.5) is 10.3 Å². The molecule has 0 bridgehead atoms. The van der Waals surface area contributed by atoms with Gasteiger partial charge in [0.2, 0.25) is 5.95 Å². The summed E-state index contributed by atoms with van der Waals surface area (Å²) in [7, 11) is 5.28. The van der Waals surface area contributed by atoms with E-state index < -0.39 is 17.5 Å². The molecular weight excluding hydrogens is 607 g/mol. The summed E-state index contributed by atoms with van der Waals surface area (Å²) in [6.07, 6.45) is 3.14. The van der Waals surface area contributed by atoms with Crippen molar-refractivity contribution in [3.63, 3.8) is 0 Å². The third-order valence-electron chi connectivity index (χ3n) is 8.56. The van der Waals surface area contributed by atoms with E-state index in [2.05, 4.69) is 40.6 Å². The SMILES string of the molecule is CCN(CCN(C)C(=O)C(=O)c1c[nH]c2c(-c3cc(C(=O)N(C)C4CCN(C)C4)[nH]n3)ncc(F)c12)c1nnnn1-c1ccccc1. The normalized spacial score (nSPS) is 14.9. The van der Waals surface area contributed by atoms with Crippen LogP contribution in [0, 0.1) is 5.82 Å². The molecular formula is C31H35FN12O3. The predicted octanol–water partition coefficient (Wildman–Crippen LogP) is 2.01. The van der Waals surface area contributed by atoms with E-state index in [0.29, 0.717) is 19.0 Å². The number of nitrogens with one attached hydrogen (secondary N) is 2. The highest BCUT2D eigenvalue weighted by atomic mass is 19.1. The van der Waals surface area contributed by atoms with Crippen molar-refractivity contribution >= 4 is 34.4 Å². The number of hydrogen-bond acceptors (Lipinski definition) is 10. The topological polar surface area (TPSA) is 165 Å². The number of aromatic amines is 2. The number of rotatable bonds is 11. The van der Waals surface area contributed by atoms with Crippen molar-refractivity contribution in [3.8, 4) is 17.1 Å². The minimum atomic E-state index is -0.881. The molecule has 0 aliphatic carbocycles. The van der Waals surface area contributed by atoms with Gasteiger partial charge in [-0.05, 0) is 55.6 Å². The summed E-state index contributed by atoms with van der Waals surface area (Å²) in [5.41, 5.74) is 1.62. The van der Waals surface area contributed by atoms with Gasteiger partial charge < -0.3 is 24.6 Å². The Kier molecular flexibility index (Phi) is 8.76. The van der Waals surface area contributed by atoms with Gasteiger partial charge in [-0.1, -0.05) is 23.3 Å². The van der Waals surface area contributed by atoms with Crippen LogP contribution in [0.2, 0.25) is 0 Å². The van der Waals surface area contributed by atoms with Gasteiger partial charge in [0.25, 0.3) is 17.6 Å². The first-order valence-corrected chi connectivity index (χ1v) is 15.2. The molecule has 5 aromatic rings. The largest absolute Gasteiger partial charge is 0.359 e. The Morgan fingerprint density at radius 3 is 2.64 bits per heavy atom. The lowest BCUT2D eigenvalue weighted by atomic mass is 10.1. The second kappa shape index (κ2) is 13.1. The Morgan fingerprint density at radius 2 is 1.91 bits per heavy atom. The standard InChI is InChI=1S/C31H35FN12O3/c1-5-43(31-37-38-39-44(31)19-9-7-6-8-10-19)14-13-41(3)30(47)28(45)21-16-33-27-25(21)22(32)17-34-26(27)23-15-24(36-35-23)29(46)42(4)20-11-12-40(2)18-20/h6-10,15-17,20,33H,5,11-14,18H2,1-4H3,(H,35,36). The van der Waals surface area contributed by atoms with Gasteiger partial charge in [-0.25, -0.2) is 9.37 Å². The predicted molar refractivity (Wildman–Crippen MR) is 171 cm³/mol. The molecule has 0 saturated carbocycles. The van der Waals surface area contributed by atoms with Crippen LogP contribution in [0.25, 0.3) is 28.0 Å². The van der Waals surface area contributed by atoms with Crippen LogP contribution in [-0.2, 0) is 4.79 Å². The van der Waals surface area contributed by atoms with Gasteiger partial charge in [0.15, 0.2) is 5.82 Å². The van der Waals surface area contributed by atoms with E-state index in [1.807, 2.05) is 49.2 Å². The number of amides is 2. The number of para-hydroxylation sites is 1. The van der Waals surface area contributed by atoms with Crippen molar-refractivity contribution in [2.24, 2.45) is 0 Å². The molecule has 244 valence electrons. The Bertz CT molecular complexity index is 1920. The van der Waals surface area contributed by atoms with E-state index in [4.69, 9.17) is 0 Å². The number of benzene rings is 1. The number of carbonyl (C=O) groups is 3. The van der Waals surface area contributed by atoms with Gasteiger partial charge >= 0.3 is 0 Å². The summed E-state index contributed by atoms with van der Waals surface area (Å²) >= 11 is 0. The molecule has 1 fully saturated rings. The Balaban J connectivity index is 1.17. The molecule has 2 amide bonds. The van der Waals surface area contributed by atoms with Gasteiger partial charge in [-0.3, -0.25) is 19.5 Å². The number of hydrogen-bond donors (Lipinski definition) is 2. The van der Waals surface area contributed by atoms with Crippen LogP contribution < -0.4 is 4.90 Å². The van der Waals surface area contributed by atoms with Gasteiger partial charge in [-0.2, -0.15) is 9.78 Å². The number of halogens is 1. The Labute approximate surface area is 269 Å². The van der Waals surface area contributed by atoms with Crippen LogP contribution in [0.15, 0.2) is 48.8 Å². The highest BCUT2D eigenvalue weighted by molar-refractivity contribution is 6.45. The molecule has 15 nitrogen and oxygen atoms in total. The van der Waals surface area contributed by atoms with Crippen molar-refractivity contribution in [1.82, 2.24) is 55.1 Å². The third-order valence-corrected chi connectivity index (χ3v) is 8.56. The first kappa shape index (κ1) is 31.5. The zero-order valence-corrected chi connectivity index (χ0v) is 26.5. The molecule has 2 N–H and O–H groups in total. The number of likely N-dealkylation sites (N-methyl/N-ethyl adjacent to an activating group) is 4. The first-order valence-electron chi connectivity index (χ1n) is 15.2. The van der Waals surface area contributed by atoms with E-state index in [1.165, 1.54) is 18.1 Å². The summed E-state index contributed by atoms with van der Waals surface area (Å²) in [6, 6.07) is 11.0. The number of nitrogens with zero attached hydrogens (tertiary/aromatic N) is 10. The zero-order chi connectivity index (χ0) is 33.2. The minimum absolute atomic E-state index is 0.0824. The van der Waals surface area contributed by atoms with E-state index in [0.717, 1.165) is 31.4 Å². The molecule has 1 aromatic carbocycles. The molecule has 1 atom stereocenters. The van der Waals surface area contributed by atoms with Crippen LogP contribution in [0.3, 0.4) is 0 Å². The maximum absolute atomic E-state index is 15.2. The molecule has 5 heterocycles. The molecule has 1 aliphatic rings. The number of carbonyl (C=O) groups excluding carboxylic acids is 3. The van der Waals surface area contributed by atoms with Crippen LogP contribution in [0.1, 0.15) is 34.2 Å². The van der Waals surface area contributed by atoms with Gasteiger partial charge in [-0.15, -0.1) is 0 Å². The smallest absolute Gasteiger partial charge is 0.294 e. The number of H-pyrrole nitrogens is 2. The fourth-order valence-electron chi connectivity index (χ4n) is 5.79. The van der Waals surface area contributed by atoms with E-state index >= 15 is 4.39 Å². The lowest BCUT2D eigenvalue weighted by Gasteiger charge is -2.24. The molecule has 1 unspecified atom stereocenters. The Hall–Kier alpha value is -5.51. The van der Waals surface area contributed by atoms with Gasteiger partial charge in [0.1, 0.15) is 17.1 Å².